The zero-order chi connectivity index (χ0) is 11.1. The molecular formula is C12H13NO2. The van der Waals surface area contributed by atoms with Gasteiger partial charge in [0.05, 0.1) is 7.11 Å². The number of allylic oxidation sites excluding steroid dienone is 2. The van der Waals surface area contributed by atoms with Gasteiger partial charge in [0.15, 0.2) is 0 Å². The Morgan fingerprint density at radius 2 is 2.00 bits per heavy atom. The van der Waals surface area contributed by atoms with Gasteiger partial charge < -0.3 is 4.74 Å². The minimum atomic E-state index is -0.254. The molecule has 0 saturated heterocycles. The second-order valence-electron chi connectivity index (χ2n) is 2.84. The minimum Gasteiger partial charge on any atom is -0.497 e. The number of carbonyl (C=O) groups excluding carboxylic acids is 1. The van der Waals surface area contributed by atoms with E-state index < -0.39 is 0 Å². The van der Waals surface area contributed by atoms with E-state index in [-0.39, 0.29) is 5.91 Å². The highest BCUT2D eigenvalue weighted by atomic mass is 16.5. The zero-order valence-electron chi connectivity index (χ0n) is 8.81. The monoisotopic (exact) mass is 203 g/mol. The van der Waals surface area contributed by atoms with Crippen LogP contribution in [-0.2, 0) is 0 Å². The summed E-state index contributed by atoms with van der Waals surface area (Å²) in [7, 11) is 1.58. The first-order valence-corrected chi connectivity index (χ1v) is 4.61. The molecule has 0 aliphatic rings. The molecule has 1 rings (SSSR count). The van der Waals surface area contributed by atoms with Crippen LogP contribution in [-0.4, -0.2) is 19.2 Å². The second kappa shape index (κ2) is 5.75. The van der Waals surface area contributed by atoms with Crippen LogP contribution in [0.4, 0.5) is 0 Å². The highest BCUT2D eigenvalue weighted by Gasteiger charge is 2.01. The number of amides is 1. The van der Waals surface area contributed by atoms with E-state index in [1.165, 1.54) is 6.21 Å². The summed E-state index contributed by atoms with van der Waals surface area (Å²) in [6.45, 7) is 1.86. The van der Waals surface area contributed by atoms with Crippen molar-refractivity contribution >= 4 is 12.1 Å². The van der Waals surface area contributed by atoms with Crippen LogP contribution >= 0.6 is 0 Å². The number of methoxy groups -OCH3 is 1. The van der Waals surface area contributed by atoms with Crippen LogP contribution in [0.15, 0.2) is 41.4 Å². The Balaban J connectivity index is 2.74. The lowest BCUT2D eigenvalue weighted by atomic mass is 10.2. The molecule has 0 N–H and O–H groups in total. The molecule has 0 heterocycles. The van der Waals surface area contributed by atoms with Crippen LogP contribution < -0.4 is 4.74 Å². The highest BCUT2D eigenvalue weighted by molar-refractivity contribution is 6.00. The number of hydrogen-bond donors (Lipinski definition) is 0. The number of carbonyl (C=O) groups is 1. The van der Waals surface area contributed by atoms with E-state index in [0.717, 1.165) is 5.75 Å². The normalized spacial score (nSPS) is 11.1. The Labute approximate surface area is 89.1 Å². The molecule has 0 aliphatic heterocycles. The third kappa shape index (κ3) is 3.38. The topological polar surface area (TPSA) is 38.7 Å². The Bertz CT molecular complexity index is 377. The summed E-state index contributed by atoms with van der Waals surface area (Å²) in [5.74, 6) is 0.472. The van der Waals surface area contributed by atoms with Crippen LogP contribution in [0.2, 0.25) is 0 Å². The molecule has 0 aromatic heterocycles. The summed E-state index contributed by atoms with van der Waals surface area (Å²) < 4.78 is 4.99. The first-order chi connectivity index (χ1) is 7.27. The smallest absolute Gasteiger partial charge is 0.276 e. The van der Waals surface area contributed by atoms with Gasteiger partial charge in [-0.05, 0) is 37.3 Å². The number of rotatable bonds is 3. The van der Waals surface area contributed by atoms with Crippen molar-refractivity contribution in [2.75, 3.05) is 7.11 Å². The lowest BCUT2D eigenvalue weighted by Crippen LogP contribution is -1.94. The lowest BCUT2D eigenvalue weighted by molar-refractivity contribution is 0.100. The maximum atomic E-state index is 11.4. The summed E-state index contributed by atoms with van der Waals surface area (Å²) in [6.07, 6.45) is 5.00. The van der Waals surface area contributed by atoms with Crippen LogP contribution in [0.5, 0.6) is 5.75 Å². The summed E-state index contributed by atoms with van der Waals surface area (Å²) in [5, 5.41) is 0. The van der Waals surface area contributed by atoms with Gasteiger partial charge in [-0.15, -0.1) is 0 Å². The quantitative estimate of drug-likeness (QED) is 0.708. The summed E-state index contributed by atoms with van der Waals surface area (Å²) in [6, 6.07) is 6.85. The van der Waals surface area contributed by atoms with Gasteiger partial charge >= 0.3 is 0 Å². The molecule has 15 heavy (non-hydrogen) atoms. The molecule has 0 spiro atoms. The van der Waals surface area contributed by atoms with Crippen molar-refractivity contribution in [3.05, 3.63) is 42.0 Å². The third-order valence-corrected chi connectivity index (χ3v) is 1.81. The van der Waals surface area contributed by atoms with Crippen molar-refractivity contribution in [3.63, 3.8) is 0 Å². The molecule has 3 heteroatoms. The Morgan fingerprint density at radius 3 is 2.53 bits per heavy atom. The molecule has 0 bridgehead atoms. The van der Waals surface area contributed by atoms with Crippen molar-refractivity contribution in [1.82, 2.24) is 0 Å². The molecule has 0 saturated carbocycles. The molecule has 0 atom stereocenters. The van der Waals surface area contributed by atoms with Gasteiger partial charge in [-0.2, -0.15) is 0 Å². The van der Waals surface area contributed by atoms with Gasteiger partial charge in [0.2, 0.25) is 0 Å². The Kier molecular flexibility index (Phi) is 4.29. The van der Waals surface area contributed by atoms with Crippen molar-refractivity contribution in [1.29, 1.82) is 0 Å². The van der Waals surface area contributed by atoms with Gasteiger partial charge in [-0.1, -0.05) is 6.08 Å². The van der Waals surface area contributed by atoms with Crippen molar-refractivity contribution in [3.8, 4) is 5.75 Å². The van der Waals surface area contributed by atoms with Gasteiger partial charge in [0, 0.05) is 11.8 Å². The van der Waals surface area contributed by atoms with Crippen LogP contribution in [0.25, 0.3) is 0 Å². The van der Waals surface area contributed by atoms with E-state index in [4.69, 9.17) is 4.74 Å². The van der Waals surface area contributed by atoms with Gasteiger partial charge in [0.25, 0.3) is 5.91 Å². The minimum absolute atomic E-state index is 0.254. The Hall–Kier alpha value is -1.90. The molecule has 1 amide bonds. The van der Waals surface area contributed by atoms with E-state index in [1.54, 1.807) is 37.5 Å². The largest absolute Gasteiger partial charge is 0.497 e. The fourth-order valence-electron chi connectivity index (χ4n) is 1.00. The van der Waals surface area contributed by atoms with E-state index in [0.29, 0.717) is 5.56 Å². The standard InChI is InChI=1S/C12H13NO2/c1-3-4-9-13-12(14)10-5-7-11(15-2)8-6-10/h3-9H,1-2H3/b4-3+,13-9?. The molecular weight excluding hydrogens is 190 g/mol. The van der Waals surface area contributed by atoms with Crippen molar-refractivity contribution in [2.45, 2.75) is 6.92 Å². The average molecular weight is 203 g/mol. The number of ether oxygens (including phenoxy) is 1. The molecule has 1 aromatic carbocycles. The molecule has 0 aliphatic carbocycles. The molecule has 0 unspecified atom stereocenters. The lowest BCUT2D eigenvalue weighted by Gasteiger charge is -1.99. The highest BCUT2D eigenvalue weighted by Crippen LogP contribution is 2.11. The van der Waals surface area contributed by atoms with E-state index in [1.807, 2.05) is 13.0 Å². The summed E-state index contributed by atoms with van der Waals surface area (Å²) >= 11 is 0. The third-order valence-electron chi connectivity index (χ3n) is 1.81. The van der Waals surface area contributed by atoms with Crippen molar-refractivity contribution in [2.24, 2.45) is 4.99 Å². The predicted octanol–water partition coefficient (Wildman–Crippen LogP) is 2.48. The first kappa shape index (κ1) is 11.2. The van der Waals surface area contributed by atoms with Crippen LogP contribution in [0, 0.1) is 0 Å². The molecule has 1 aromatic rings. The number of benzene rings is 1. The average Bonchev–Trinajstić information content (AvgIpc) is 2.29. The van der Waals surface area contributed by atoms with Crippen LogP contribution in [0.3, 0.4) is 0 Å². The van der Waals surface area contributed by atoms with Gasteiger partial charge in [0.1, 0.15) is 5.75 Å². The molecule has 0 fully saturated rings. The fraction of sp³-hybridized carbons (Fsp3) is 0.167. The maximum Gasteiger partial charge on any atom is 0.276 e. The molecule has 0 radical (unpaired) electrons. The van der Waals surface area contributed by atoms with E-state index in [2.05, 4.69) is 4.99 Å². The van der Waals surface area contributed by atoms with E-state index in [9.17, 15) is 4.79 Å². The van der Waals surface area contributed by atoms with Crippen molar-refractivity contribution < 1.29 is 9.53 Å². The van der Waals surface area contributed by atoms with Crippen LogP contribution in [0.1, 0.15) is 17.3 Å². The summed E-state index contributed by atoms with van der Waals surface area (Å²) in [4.78, 5) is 15.2. The number of nitrogens with zero attached hydrogens (tertiary/aromatic N) is 1. The fourth-order valence-corrected chi connectivity index (χ4v) is 1.00. The molecule has 78 valence electrons. The SMILES string of the molecule is C/C=C/C=NC(=O)c1ccc(OC)cc1. The van der Waals surface area contributed by atoms with Gasteiger partial charge in [-0.3, -0.25) is 4.79 Å². The van der Waals surface area contributed by atoms with Gasteiger partial charge in [-0.25, -0.2) is 4.99 Å². The maximum absolute atomic E-state index is 11.4. The summed E-state index contributed by atoms with van der Waals surface area (Å²) in [5.41, 5.74) is 0.552. The molecule has 3 nitrogen and oxygen atoms in total. The van der Waals surface area contributed by atoms with E-state index >= 15 is 0 Å². The second-order valence-corrected chi connectivity index (χ2v) is 2.84. The zero-order valence-corrected chi connectivity index (χ0v) is 8.81. The first-order valence-electron chi connectivity index (χ1n) is 4.61. The Morgan fingerprint density at radius 1 is 1.33 bits per heavy atom. The number of hydrogen-bond acceptors (Lipinski definition) is 2. The number of aliphatic imine (C=N–C) groups is 1. The predicted molar refractivity (Wildman–Crippen MR) is 60.6 cm³/mol.